The van der Waals surface area contributed by atoms with E-state index in [1.165, 1.54) is 33.6 Å². The van der Waals surface area contributed by atoms with Gasteiger partial charge in [-0.2, -0.15) is 0 Å². The standard InChI is InChI=1S/C24H28N2/c1-5-21-17(3)9-7-11-23(21)25-19-13-15-20(16-14-19)26-24-12-8-10-18(4)22(24)6-2/h7-16,25-26H,5-6H2,1-4H3. The van der Waals surface area contributed by atoms with Gasteiger partial charge in [-0.25, -0.2) is 0 Å². The van der Waals surface area contributed by atoms with Gasteiger partial charge in [-0.05, 0) is 85.3 Å². The Balaban J connectivity index is 1.78. The minimum atomic E-state index is 1.03. The van der Waals surface area contributed by atoms with E-state index < -0.39 is 0 Å². The number of hydrogen-bond acceptors (Lipinski definition) is 2. The Morgan fingerprint density at radius 3 is 1.31 bits per heavy atom. The third kappa shape index (κ3) is 3.91. The van der Waals surface area contributed by atoms with Gasteiger partial charge in [0, 0.05) is 22.7 Å². The van der Waals surface area contributed by atoms with Crippen LogP contribution in [-0.2, 0) is 12.8 Å². The molecule has 3 rings (SSSR count). The van der Waals surface area contributed by atoms with E-state index >= 15 is 0 Å². The van der Waals surface area contributed by atoms with Gasteiger partial charge in [0.15, 0.2) is 0 Å². The van der Waals surface area contributed by atoms with Crippen molar-refractivity contribution in [3.05, 3.63) is 82.9 Å². The minimum Gasteiger partial charge on any atom is -0.355 e. The van der Waals surface area contributed by atoms with Crippen molar-refractivity contribution in [2.45, 2.75) is 40.5 Å². The molecule has 0 aliphatic heterocycles. The predicted molar refractivity (Wildman–Crippen MR) is 114 cm³/mol. The van der Waals surface area contributed by atoms with Crippen LogP contribution >= 0.6 is 0 Å². The van der Waals surface area contributed by atoms with E-state index in [0.29, 0.717) is 0 Å². The van der Waals surface area contributed by atoms with Crippen LogP contribution < -0.4 is 10.6 Å². The van der Waals surface area contributed by atoms with Crippen molar-refractivity contribution >= 4 is 22.7 Å². The molecule has 0 amide bonds. The molecule has 0 atom stereocenters. The summed E-state index contributed by atoms with van der Waals surface area (Å²) in [5.41, 5.74) is 10.0. The Hall–Kier alpha value is -2.74. The summed E-state index contributed by atoms with van der Waals surface area (Å²) in [6, 6.07) is 21.4. The average molecular weight is 345 g/mol. The van der Waals surface area contributed by atoms with Crippen molar-refractivity contribution in [1.29, 1.82) is 0 Å². The van der Waals surface area contributed by atoms with Crippen LogP contribution in [0.1, 0.15) is 36.1 Å². The molecule has 0 aromatic heterocycles. The molecule has 0 aliphatic carbocycles. The summed E-state index contributed by atoms with van der Waals surface area (Å²) in [6.07, 6.45) is 2.06. The highest BCUT2D eigenvalue weighted by Gasteiger charge is 2.06. The van der Waals surface area contributed by atoms with Gasteiger partial charge in [-0.3, -0.25) is 0 Å². The predicted octanol–water partition coefficient (Wildman–Crippen LogP) is 6.92. The lowest BCUT2D eigenvalue weighted by Crippen LogP contribution is -1.99. The summed E-state index contributed by atoms with van der Waals surface area (Å²) in [5, 5.41) is 7.12. The second-order valence-electron chi connectivity index (χ2n) is 6.74. The van der Waals surface area contributed by atoms with Crippen LogP contribution in [0.5, 0.6) is 0 Å². The van der Waals surface area contributed by atoms with Gasteiger partial charge in [-0.15, -0.1) is 0 Å². The number of hydrogen-bond donors (Lipinski definition) is 2. The number of aryl methyl sites for hydroxylation is 2. The van der Waals surface area contributed by atoms with Crippen molar-refractivity contribution in [2.24, 2.45) is 0 Å². The molecule has 0 heterocycles. The van der Waals surface area contributed by atoms with Crippen molar-refractivity contribution < 1.29 is 0 Å². The van der Waals surface area contributed by atoms with Crippen LogP contribution in [0.25, 0.3) is 0 Å². The highest BCUT2D eigenvalue weighted by atomic mass is 14.9. The first-order valence-electron chi connectivity index (χ1n) is 9.43. The normalized spacial score (nSPS) is 10.6. The molecule has 0 radical (unpaired) electrons. The van der Waals surface area contributed by atoms with Crippen molar-refractivity contribution in [3.63, 3.8) is 0 Å². The van der Waals surface area contributed by atoms with Gasteiger partial charge in [0.2, 0.25) is 0 Å². The fourth-order valence-electron chi connectivity index (χ4n) is 3.53. The number of rotatable bonds is 6. The second-order valence-corrected chi connectivity index (χ2v) is 6.74. The van der Waals surface area contributed by atoms with E-state index in [-0.39, 0.29) is 0 Å². The number of anilines is 4. The van der Waals surface area contributed by atoms with E-state index in [1.54, 1.807) is 0 Å². The summed E-state index contributed by atoms with van der Waals surface area (Å²) >= 11 is 0. The molecule has 0 unspecified atom stereocenters. The lowest BCUT2D eigenvalue weighted by atomic mass is 10.0. The Bertz CT molecular complexity index is 805. The third-order valence-electron chi connectivity index (χ3n) is 4.97. The zero-order valence-corrected chi connectivity index (χ0v) is 16.2. The maximum atomic E-state index is 3.56. The number of benzene rings is 3. The topological polar surface area (TPSA) is 24.1 Å². The molecule has 0 saturated carbocycles. The van der Waals surface area contributed by atoms with E-state index in [2.05, 4.69) is 99.0 Å². The zero-order chi connectivity index (χ0) is 18.5. The van der Waals surface area contributed by atoms with Crippen molar-refractivity contribution in [2.75, 3.05) is 10.6 Å². The Kier molecular flexibility index (Phi) is 5.62. The SMILES string of the molecule is CCc1c(C)cccc1Nc1ccc(Nc2cccc(C)c2CC)cc1. The van der Waals surface area contributed by atoms with Crippen LogP contribution in [-0.4, -0.2) is 0 Å². The summed E-state index contributed by atoms with van der Waals surface area (Å²) < 4.78 is 0. The average Bonchev–Trinajstić information content (AvgIpc) is 2.64. The Morgan fingerprint density at radius 1 is 0.577 bits per heavy atom. The van der Waals surface area contributed by atoms with Gasteiger partial charge < -0.3 is 10.6 Å². The molecule has 0 aliphatic rings. The van der Waals surface area contributed by atoms with E-state index in [0.717, 1.165) is 24.2 Å². The summed E-state index contributed by atoms with van der Waals surface area (Å²) in [6.45, 7) is 8.75. The van der Waals surface area contributed by atoms with Gasteiger partial charge >= 0.3 is 0 Å². The monoisotopic (exact) mass is 344 g/mol. The molecule has 134 valence electrons. The van der Waals surface area contributed by atoms with Gasteiger partial charge in [0.05, 0.1) is 0 Å². The lowest BCUT2D eigenvalue weighted by Gasteiger charge is -2.15. The van der Waals surface area contributed by atoms with E-state index in [4.69, 9.17) is 0 Å². The molecule has 0 bridgehead atoms. The van der Waals surface area contributed by atoms with Crippen LogP contribution in [0.4, 0.5) is 22.7 Å². The molecule has 0 fully saturated rings. The Morgan fingerprint density at radius 2 is 0.962 bits per heavy atom. The first-order valence-corrected chi connectivity index (χ1v) is 9.43. The third-order valence-corrected chi connectivity index (χ3v) is 4.97. The first kappa shape index (κ1) is 18.1. The smallest absolute Gasteiger partial charge is 0.0419 e. The van der Waals surface area contributed by atoms with Crippen LogP contribution in [0, 0.1) is 13.8 Å². The fourth-order valence-corrected chi connectivity index (χ4v) is 3.53. The molecule has 3 aromatic carbocycles. The second kappa shape index (κ2) is 8.09. The molecule has 0 saturated heterocycles. The molecule has 0 spiro atoms. The molecule has 2 heteroatoms. The van der Waals surface area contributed by atoms with Crippen molar-refractivity contribution in [3.8, 4) is 0 Å². The molecule has 26 heavy (non-hydrogen) atoms. The first-order chi connectivity index (χ1) is 12.6. The van der Waals surface area contributed by atoms with Crippen LogP contribution in [0.15, 0.2) is 60.7 Å². The molecular weight excluding hydrogens is 316 g/mol. The molecule has 2 nitrogen and oxygen atoms in total. The van der Waals surface area contributed by atoms with Crippen LogP contribution in [0.2, 0.25) is 0 Å². The Labute approximate surface area is 157 Å². The maximum absolute atomic E-state index is 3.56. The summed E-state index contributed by atoms with van der Waals surface area (Å²) in [5.74, 6) is 0. The van der Waals surface area contributed by atoms with Crippen molar-refractivity contribution in [1.82, 2.24) is 0 Å². The maximum Gasteiger partial charge on any atom is 0.0419 e. The highest BCUT2D eigenvalue weighted by molar-refractivity contribution is 5.69. The van der Waals surface area contributed by atoms with Gasteiger partial charge in [0.25, 0.3) is 0 Å². The number of nitrogens with one attached hydrogen (secondary N) is 2. The summed E-state index contributed by atoms with van der Waals surface area (Å²) in [7, 11) is 0. The van der Waals surface area contributed by atoms with E-state index in [9.17, 15) is 0 Å². The lowest BCUT2D eigenvalue weighted by molar-refractivity contribution is 1.11. The molecule has 3 aromatic rings. The van der Waals surface area contributed by atoms with Gasteiger partial charge in [-0.1, -0.05) is 38.1 Å². The fraction of sp³-hybridized carbons (Fsp3) is 0.250. The molecule has 2 N–H and O–H groups in total. The molecular formula is C24H28N2. The highest BCUT2D eigenvalue weighted by Crippen LogP contribution is 2.27. The largest absolute Gasteiger partial charge is 0.355 e. The minimum absolute atomic E-state index is 1.03. The zero-order valence-electron chi connectivity index (χ0n) is 16.2. The quantitative estimate of drug-likeness (QED) is 0.507. The van der Waals surface area contributed by atoms with Gasteiger partial charge in [0.1, 0.15) is 0 Å². The van der Waals surface area contributed by atoms with Crippen LogP contribution in [0.3, 0.4) is 0 Å². The summed E-state index contributed by atoms with van der Waals surface area (Å²) in [4.78, 5) is 0. The van der Waals surface area contributed by atoms with E-state index in [1.807, 2.05) is 0 Å².